The Bertz CT molecular complexity index is 708. The molecule has 1 nitrogen and oxygen atoms in total. The van der Waals surface area contributed by atoms with Gasteiger partial charge in [0.05, 0.1) is 0 Å². The number of benzene rings is 3. The average molecular weight is 303 g/mol. The lowest BCUT2D eigenvalue weighted by Crippen LogP contribution is -1.92. The van der Waals surface area contributed by atoms with Crippen LogP contribution in [0, 0.1) is 0 Å². The molecule has 0 saturated carbocycles. The van der Waals surface area contributed by atoms with Crippen molar-refractivity contribution in [3.63, 3.8) is 0 Å². The Balaban J connectivity index is 1.85. The monoisotopic (exact) mass is 303 g/mol. The summed E-state index contributed by atoms with van der Waals surface area (Å²) in [5, 5.41) is 0.0591. The van der Waals surface area contributed by atoms with Crippen LogP contribution in [0.2, 0.25) is 0 Å². The maximum absolute atomic E-state index is 4.80. The van der Waals surface area contributed by atoms with Gasteiger partial charge in [-0.1, -0.05) is 90.6 Å². The third kappa shape index (κ3) is 4.09. The van der Waals surface area contributed by atoms with Gasteiger partial charge in [-0.3, -0.25) is 4.99 Å². The van der Waals surface area contributed by atoms with Crippen molar-refractivity contribution in [1.29, 1.82) is 0 Å². The van der Waals surface area contributed by atoms with E-state index < -0.39 is 0 Å². The van der Waals surface area contributed by atoms with E-state index in [1.54, 1.807) is 11.8 Å². The summed E-state index contributed by atoms with van der Waals surface area (Å²) in [6, 6.07) is 31.0. The van der Waals surface area contributed by atoms with E-state index in [9.17, 15) is 0 Å². The van der Waals surface area contributed by atoms with E-state index in [1.165, 1.54) is 10.5 Å². The highest BCUT2D eigenvalue weighted by molar-refractivity contribution is 7.99. The lowest BCUT2D eigenvalue weighted by Gasteiger charge is -2.12. The molecule has 3 rings (SSSR count). The quantitative estimate of drug-likeness (QED) is 0.441. The lowest BCUT2D eigenvalue weighted by atomic mass is 10.2. The highest BCUT2D eigenvalue weighted by Crippen LogP contribution is 2.35. The van der Waals surface area contributed by atoms with E-state index in [2.05, 4.69) is 60.7 Å². The molecule has 108 valence electrons. The van der Waals surface area contributed by atoms with Crippen molar-refractivity contribution < 1.29 is 0 Å². The first-order valence-corrected chi connectivity index (χ1v) is 8.15. The van der Waals surface area contributed by atoms with Crippen molar-refractivity contribution >= 4 is 18.0 Å². The zero-order valence-corrected chi connectivity index (χ0v) is 13.0. The molecule has 0 bridgehead atoms. The van der Waals surface area contributed by atoms with Crippen molar-refractivity contribution in [2.75, 3.05) is 0 Å². The number of hydrogen-bond donors (Lipinski definition) is 0. The number of nitrogens with zero attached hydrogens (tertiary/aromatic N) is 1. The summed E-state index contributed by atoms with van der Waals surface area (Å²) in [7, 11) is 0. The summed E-state index contributed by atoms with van der Waals surface area (Å²) >= 11 is 1.76. The molecule has 0 aromatic heterocycles. The van der Waals surface area contributed by atoms with Crippen molar-refractivity contribution in [2.24, 2.45) is 4.99 Å². The minimum absolute atomic E-state index is 0.0591. The highest BCUT2D eigenvalue weighted by atomic mass is 32.2. The topological polar surface area (TPSA) is 12.4 Å². The fourth-order valence-corrected chi connectivity index (χ4v) is 3.11. The van der Waals surface area contributed by atoms with Gasteiger partial charge in [-0.25, -0.2) is 0 Å². The van der Waals surface area contributed by atoms with Crippen molar-refractivity contribution in [3.05, 3.63) is 102 Å². The van der Waals surface area contributed by atoms with Crippen LogP contribution in [-0.2, 0) is 0 Å². The molecule has 0 spiro atoms. The predicted molar refractivity (Wildman–Crippen MR) is 95.5 cm³/mol. The standard InChI is InChI=1S/C20H17NS/c1-4-10-17(11-5-1)16-21-20(18-12-6-2-7-13-18)22-19-14-8-3-9-15-19/h1-16,20H/b21-16+. The Morgan fingerprint density at radius 1 is 0.682 bits per heavy atom. The molecule has 1 atom stereocenters. The molecule has 0 heterocycles. The lowest BCUT2D eigenvalue weighted by molar-refractivity contribution is 1.04. The summed E-state index contributed by atoms with van der Waals surface area (Å²) in [5.74, 6) is 0. The van der Waals surface area contributed by atoms with Crippen LogP contribution < -0.4 is 0 Å². The fourth-order valence-electron chi connectivity index (χ4n) is 2.12. The Labute approximate surface area is 135 Å². The molecule has 0 fully saturated rings. The summed E-state index contributed by atoms with van der Waals surface area (Å²) in [4.78, 5) is 6.02. The Morgan fingerprint density at radius 3 is 1.86 bits per heavy atom. The molecule has 22 heavy (non-hydrogen) atoms. The van der Waals surface area contributed by atoms with Crippen LogP contribution in [-0.4, -0.2) is 6.21 Å². The van der Waals surface area contributed by atoms with Crippen molar-refractivity contribution in [3.8, 4) is 0 Å². The maximum atomic E-state index is 4.80. The summed E-state index contributed by atoms with van der Waals surface area (Å²) < 4.78 is 0. The highest BCUT2D eigenvalue weighted by Gasteiger charge is 2.10. The van der Waals surface area contributed by atoms with Gasteiger partial charge in [0.2, 0.25) is 0 Å². The SMILES string of the molecule is C(=N\C(Sc1ccccc1)c1ccccc1)/c1ccccc1. The van der Waals surface area contributed by atoms with Crippen LogP contribution in [0.5, 0.6) is 0 Å². The molecule has 3 aromatic rings. The Hall–Kier alpha value is -2.32. The minimum atomic E-state index is 0.0591. The van der Waals surface area contributed by atoms with Crippen molar-refractivity contribution in [2.45, 2.75) is 10.3 Å². The molecule has 0 amide bonds. The molecule has 0 aliphatic rings. The van der Waals surface area contributed by atoms with Gasteiger partial charge in [-0.05, 0) is 23.3 Å². The summed E-state index contributed by atoms with van der Waals surface area (Å²) in [5.41, 5.74) is 2.33. The van der Waals surface area contributed by atoms with Crippen LogP contribution >= 0.6 is 11.8 Å². The van der Waals surface area contributed by atoms with Crippen LogP contribution in [0.15, 0.2) is 101 Å². The normalized spacial score (nSPS) is 12.4. The second kappa shape index (κ2) is 7.62. The molecule has 0 saturated heterocycles. The first kappa shape index (κ1) is 14.6. The smallest absolute Gasteiger partial charge is 0.125 e. The zero-order valence-electron chi connectivity index (χ0n) is 12.2. The second-order valence-electron chi connectivity index (χ2n) is 4.88. The second-order valence-corrected chi connectivity index (χ2v) is 6.04. The van der Waals surface area contributed by atoms with E-state index >= 15 is 0 Å². The van der Waals surface area contributed by atoms with Crippen molar-refractivity contribution in [1.82, 2.24) is 0 Å². The number of rotatable bonds is 5. The van der Waals surface area contributed by atoms with Gasteiger partial charge < -0.3 is 0 Å². The average Bonchev–Trinajstić information content (AvgIpc) is 2.61. The third-order valence-corrected chi connectivity index (χ3v) is 4.40. The first-order valence-electron chi connectivity index (χ1n) is 7.27. The molecule has 3 aromatic carbocycles. The van der Waals surface area contributed by atoms with Gasteiger partial charge in [0, 0.05) is 11.1 Å². The van der Waals surface area contributed by atoms with Gasteiger partial charge in [-0.15, -0.1) is 0 Å². The van der Waals surface area contributed by atoms with Gasteiger partial charge in [-0.2, -0.15) is 0 Å². The molecule has 0 aliphatic heterocycles. The molecule has 1 unspecified atom stereocenters. The summed E-state index contributed by atoms with van der Waals surface area (Å²) in [6.45, 7) is 0. The third-order valence-electron chi connectivity index (χ3n) is 3.23. The minimum Gasteiger partial charge on any atom is -0.273 e. The van der Waals surface area contributed by atoms with E-state index in [4.69, 9.17) is 4.99 Å². The van der Waals surface area contributed by atoms with E-state index in [0.29, 0.717) is 0 Å². The number of aliphatic imine (C=N–C) groups is 1. The van der Waals surface area contributed by atoms with Crippen LogP contribution in [0.1, 0.15) is 16.5 Å². The van der Waals surface area contributed by atoms with Crippen LogP contribution in [0.3, 0.4) is 0 Å². The molecule has 0 N–H and O–H groups in total. The van der Waals surface area contributed by atoms with Gasteiger partial charge in [0.25, 0.3) is 0 Å². The molecular formula is C20H17NS. The maximum Gasteiger partial charge on any atom is 0.125 e. The number of thioether (sulfide) groups is 1. The van der Waals surface area contributed by atoms with Gasteiger partial charge >= 0.3 is 0 Å². The van der Waals surface area contributed by atoms with Gasteiger partial charge in [0.15, 0.2) is 0 Å². The molecule has 0 aliphatic carbocycles. The molecular weight excluding hydrogens is 286 g/mol. The van der Waals surface area contributed by atoms with E-state index in [0.717, 1.165) is 5.56 Å². The summed E-state index contributed by atoms with van der Waals surface area (Å²) in [6.07, 6.45) is 1.95. The first-order chi connectivity index (χ1) is 10.9. The van der Waals surface area contributed by atoms with Gasteiger partial charge in [0.1, 0.15) is 5.37 Å². The predicted octanol–water partition coefficient (Wildman–Crippen LogP) is 5.60. The zero-order chi connectivity index (χ0) is 15.0. The van der Waals surface area contributed by atoms with Crippen LogP contribution in [0.25, 0.3) is 0 Å². The Kier molecular flexibility index (Phi) is 5.06. The van der Waals surface area contributed by atoms with E-state index in [-0.39, 0.29) is 5.37 Å². The molecule has 2 heteroatoms. The van der Waals surface area contributed by atoms with Crippen LogP contribution in [0.4, 0.5) is 0 Å². The van der Waals surface area contributed by atoms with E-state index in [1.807, 2.05) is 36.5 Å². The Morgan fingerprint density at radius 2 is 1.23 bits per heavy atom. The fraction of sp³-hybridized carbons (Fsp3) is 0.0500. The number of hydrogen-bond acceptors (Lipinski definition) is 2. The molecule has 0 radical (unpaired) electrons. The largest absolute Gasteiger partial charge is 0.273 e.